The number of hydrogen-bond acceptors (Lipinski definition) is 3. The number of carbonyl (C=O) groups is 1. The number of aromatic carboxylic acids is 1. The molecule has 0 amide bonds. The molecule has 0 aliphatic heterocycles. The third-order valence-corrected chi connectivity index (χ3v) is 4.20. The third-order valence-electron chi connectivity index (χ3n) is 2.50. The van der Waals surface area contributed by atoms with Crippen LogP contribution in [0.4, 0.5) is 5.69 Å². The minimum atomic E-state index is -0.919. The molecule has 5 heteroatoms. The zero-order chi connectivity index (χ0) is 12.8. The van der Waals surface area contributed by atoms with Crippen molar-refractivity contribution < 1.29 is 9.90 Å². The number of rotatable bonds is 6. The van der Waals surface area contributed by atoms with Crippen molar-refractivity contribution in [2.45, 2.75) is 18.6 Å². The van der Waals surface area contributed by atoms with Gasteiger partial charge in [-0.15, -0.1) is 0 Å². The Morgan fingerprint density at radius 3 is 2.88 bits per heavy atom. The van der Waals surface area contributed by atoms with Gasteiger partial charge in [-0.2, -0.15) is 11.8 Å². The van der Waals surface area contributed by atoms with Gasteiger partial charge in [-0.05, 0) is 40.7 Å². The molecular weight excluding hydrogens is 302 g/mol. The normalized spacial score (nSPS) is 12.2. The molecule has 17 heavy (non-hydrogen) atoms. The number of halogens is 1. The van der Waals surface area contributed by atoms with Crippen LogP contribution in [0.1, 0.15) is 23.7 Å². The molecule has 0 saturated carbocycles. The summed E-state index contributed by atoms with van der Waals surface area (Å²) in [7, 11) is 0. The van der Waals surface area contributed by atoms with E-state index in [4.69, 9.17) is 5.11 Å². The smallest absolute Gasteiger partial charge is 0.338 e. The molecule has 3 nitrogen and oxygen atoms in total. The van der Waals surface area contributed by atoms with Gasteiger partial charge in [-0.25, -0.2) is 4.79 Å². The van der Waals surface area contributed by atoms with Crippen molar-refractivity contribution in [3.8, 4) is 0 Å². The highest BCUT2D eigenvalue weighted by molar-refractivity contribution is 9.10. The second kappa shape index (κ2) is 6.91. The Labute approximate surface area is 114 Å². The fraction of sp³-hybridized carbons (Fsp3) is 0.417. The van der Waals surface area contributed by atoms with E-state index < -0.39 is 5.97 Å². The van der Waals surface area contributed by atoms with Crippen molar-refractivity contribution in [1.82, 2.24) is 0 Å². The summed E-state index contributed by atoms with van der Waals surface area (Å²) < 4.78 is 0.605. The Morgan fingerprint density at radius 2 is 2.29 bits per heavy atom. The largest absolute Gasteiger partial charge is 0.478 e. The van der Waals surface area contributed by atoms with Gasteiger partial charge < -0.3 is 10.4 Å². The molecule has 0 spiro atoms. The Bertz CT molecular complexity index is 398. The minimum Gasteiger partial charge on any atom is -0.478 e. The van der Waals surface area contributed by atoms with Crippen molar-refractivity contribution >= 4 is 39.3 Å². The Balaban J connectivity index is 2.71. The van der Waals surface area contributed by atoms with Crippen molar-refractivity contribution in [1.29, 1.82) is 0 Å². The molecule has 2 N–H and O–H groups in total. The average molecular weight is 318 g/mol. The van der Waals surface area contributed by atoms with Gasteiger partial charge in [0.25, 0.3) is 0 Å². The van der Waals surface area contributed by atoms with E-state index >= 15 is 0 Å². The van der Waals surface area contributed by atoms with Crippen LogP contribution in [-0.2, 0) is 0 Å². The number of hydrogen-bond donors (Lipinski definition) is 2. The monoisotopic (exact) mass is 317 g/mol. The summed E-state index contributed by atoms with van der Waals surface area (Å²) in [6.45, 7) is 2.93. The summed E-state index contributed by atoms with van der Waals surface area (Å²) >= 11 is 5.07. The summed E-state index contributed by atoms with van der Waals surface area (Å²) in [4.78, 5) is 11.1. The van der Waals surface area contributed by atoms with Crippen molar-refractivity contribution in [2.75, 3.05) is 18.1 Å². The molecule has 0 radical (unpaired) electrons. The Hall–Kier alpha value is -0.680. The molecule has 1 aromatic rings. The van der Waals surface area contributed by atoms with Gasteiger partial charge in [0.2, 0.25) is 0 Å². The fourth-order valence-corrected chi connectivity index (χ4v) is 2.31. The van der Waals surface area contributed by atoms with Crippen LogP contribution in [0.5, 0.6) is 0 Å². The number of carboxylic acids is 1. The number of carboxylic acid groups (broad SMARTS) is 1. The highest BCUT2D eigenvalue weighted by Crippen LogP contribution is 2.25. The maximum atomic E-state index is 11.1. The lowest BCUT2D eigenvalue weighted by Crippen LogP contribution is -2.11. The standard InChI is InChI=1S/C12H16BrNO2S/c1-8(17-2)6-7-14-10-5-3-4-9(13)11(10)12(15)16/h3-5,8,14H,6-7H2,1-2H3,(H,15,16). The lowest BCUT2D eigenvalue weighted by atomic mass is 10.1. The SMILES string of the molecule is CSC(C)CCNc1cccc(Br)c1C(=O)O. The molecule has 0 bridgehead atoms. The first-order chi connectivity index (χ1) is 8.06. The number of thioether (sulfide) groups is 1. The number of nitrogens with one attached hydrogen (secondary N) is 1. The quantitative estimate of drug-likeness (QED) is 0.840. The summed E-state index contributed by atoms with van der Waals surface area (Å²) in [5.74, 6) is -0.919. The van der Waals surface area contributed by atoms with Crippen LogP contribution in [0.15, 0.2) is 22.7 Å². The molecule has 0 fully saturated rings. The molecule has 94 valence electrons. The van der Waals surface area contributed by atoms with Crippen LogP contribution in [0, 0.1) is 0 Å². The van der Waals surface area contributed by atoms with Gasteiger partial charge in [0.05, 0.1) is 5.56 Å². The number of benzene rings is 1. The predicted molar refractivity (Wildman–Crippen MR) is 77.2 cm³/mol. The Kier molecular flexibility index (Phi) is 5.85. The molecule has 0 aromatic heterocycles. The fourth-order valence-electron chi connectivity index (χ4n) is 1.42. The zero-order valence-electron chi connectivity index (χ0n) is 9.87. The van der Waals surface area contributed by atoms with E-state index in [0.29, 0.717) is 21.0 Å². The summed E-state index contributed by atoms with van der Waals surface area (Å²) in [5, 5.41) is 12.9. The van der Waals surface area contributed by atoms with Crippen LogP contribution in [0.25, 0.3) is 0 Å². The highest BCUT2D eigenvalue weighted by Gasteiger charge is 2.13. The van der Waals surface area contributed by atoms with Crippen LogP contribution < -0.4 is 5.32 Å². The van der Waals surface area contributed by atoms with Crippen molar-refractivity contribution in [3.05, 3.63) is 28.2 Å². The number of anilines is 1. The van der Waals surface area contributed by atoms with E-state index in [1.54, 1.807) is 12.1 Å². The topological polar surface area (TPSA) is 49.3 Å². The van der Waals surface area contributed by atoms with E-state index in [2.05, 4.69) is 34.4 Å². The molecule has 0 aliphatic carbocycles. The first kappa shape index (κ1) is 14.4. The molecule has 1 atom stereocenters. The molecular formula is C12H16BrNO2S. The van der Waals surface area contributed by atoms with Crippen LogP contribution in [-0.4, -0.2) is 29.1 Å². The van der Waals surface area contributed by atoms with Gasteiger partial charge in [-0.1, -0.05) is 13.0 Å². The van der Waals surface area contributed by atoms with Crippen LogP contribution >= 0.6 is 27.7 Å². The van der Waals surface area contributed by atoms with Gasteiger partial charge in [-0.3, -0.25) is 0 Å². The minimum absolute atomic E-state index is 0.296. The van der Waals surface area contributed by atoms with Gasteiger partial charge in [0, 0.05) is 22.0 Å². The Morgan fingerprint density at radius 1 is 1.59 bits per heavy atom. The summed E-state index contributed by atoms with van der Waals surface area (Å²) in [5.41, 5.74) is 0.962. The highest BCUT2D eigenvalue weighted by atomic mass is 79.9. The summed E-state index contributed by atoms with van der Waals surface area (Å²) in [6.07, 6.45) is 3.08. The zero-order valence-corrected chi connectivity index (χ0v) is 12.3. The lowest BCUT2D eigenvalue weighted by molar-refractivity contribution is 0.0697. The van der Waals surface area contributed by atoms with E-state index in [0.717, 1.165) is 13.0 Å². The van der Waals surface area contributed by atoms with Gasteiger partial charge in [0.15, 0.2) is 0 Å². The molecule has 1 aromatic carbocycles. The molecule has 1 unspecified atom stereocenters. The van der Waals surface area contributed by atoms with Crippen molar-refractivity contribution in [2.24, 2.45) is 0 Å². The molecule has 0 saturated heterocycles. The molecule has 1 rings (SSSR count). The van der Waals surface area contributed by atoms with E-state index in [-0.39, 0.29) is 0 Å². The van der Waals surface area contributed by atoms with Gasteiger partial charge in [0.1, 0.15) is 0 Å². The average Bonchev–Trinajstić information content (AvgIpc) is 2.28. The lowest BCUT2D eigenvalue weighted by Gasteiger charge is -2.12. The summed E-state index contributed by atoms with van der Waals surface area (Å²) in [6, 6.07) is 5.36. The predicted octanol–water partition coefficient (Wildman–Crippen LogP) is 3.70. The second-order valence-electron chi connectivity index (χ2n) is 3.73. The third kappa shape index (κ3) is 4.24. The second-order valence-corrected chi connectivity index (χ2v) is 5.86. The van der Waals surface area contributed by atoms with Crippen LogP contribution in [0.2, 0.25) is 0 Å². The maximum Gasteiger partial charge on any atom is 0.338 e. The molecule has 0 heterocycles. The maximum absolute atomic E-state index is 11.1. The van der Waals surface area contributed by atoms with E-state index in [1.807, 2.05) is 17.8 Å². The first-order valence-electron chi connectivity index (χ1n) is 5.34. The van der Waals surface area contributed by atoms with Gasteiger partial charge >= 0.3 is 5.97 Å². The van der Waals surface area contributed by atoms with E-state index in [9.17, 15) is 4.79 Å². The molecule has 0 aliphatic rings. The van der Waals surface area contributed by atoms with Crippen LogP contribution in [0.3, 0.4) is 0 Å². The first-order valence-corrected chi connectivity index (χ1v) is 7.42. The van der Waals surface area contributed by atoms with Crippen molar-refractivity contribution in [3.63, 3.8) is 0 Å². The van der Waals surface area contributed by atoms with E-state index in [1.165, 1.54) is 0 Å².